The summed E-state index contributed by atoms with van der Waals surface area (Å²) in [7, 11) is 0. The third-order valence-corrected chi connectivity index (χ3v) is 6.34. The van der Waals surface area contributed by atoms with E-state index in [9.17, 15) is 9.50 Å². The molecular formula is C27H26FN3O2. The van der Waals surface area contributed by atoms with Gasteiger partial charge in [-0.3, -0.25) is 4.98 Å². The molecule has 0 spiro atoms. The lowest BCUT2D eigenvalue weighted by atomic mass is 9.86. The first-order valence-electron chi connectivity index (χ1n) is 11.3. The smallest absolute Gasteiger partial charge is 0.227 e. The van der Waals surface area contributed by atoms with E-state index in [0.717, 1.165) is 31.6 Å². The van der Waals surface area contributed by atoms with Crippen molar-refractivity contribution >= 4 is 0 Å². The van der Waals surface area contributed by atoms with Crippen LogP contribution >= 0.6 is 0 Å². The van der Waals surface area contributed by atoms with Gasteiger partial charge in [0.1, 0.15) is 17.1 Å². The Hall–Kier alpha value is -3.35. The number of likely N-dealkylation sites (tertiary alicyclic amines) is 1. The molecule has 1 N–H and O–H groups in total. The minimum Gasteiger partial charge on any atom is -0.437 e. The molecule has 5 nitrogen and oxygen atoms in total. The van der Waals surface area contributed by atoms with Gasteiger partial charge >= 0.3 is 0 Å². The summed E-state index contributed by atoms with van der Waals surface area (Å²) in [6.07, 6.45) is 5.48. The number of halogens is 1. The highest BCUT2D eigenvalue weighted by atomic mass is 19.1. The van der Waals surface area contributed by atoms with Crippen molar-refractivity contribution in [2.45, 2.75) is 24.9 Å². The number of benzene rings is 2. The molecule has 6 heteroatoms. The van der Waals surface area contributed by atoms with Crippen molar-refractivity contribution in [3.63, 3.8) is 0 Å². The van der Waals surface area contributed by atoms with Crippen LogP contribution in [0, 0.1) is 5.82 Å². The average molecular weight is 444 g/mol. The Bertz CT molecular complexity index is 1190. The molecule has 0 unspecified atom stereocenters. The lowest BCUT2D eigenvalue weighted by Crippen LogP contribution is -2.43. The fraction of sp³-hybridized carbons (Fsp3) is 0.259. The van der Waals surface area contributed by atoms with Gasteiger partial charge in [-0.25, -0.2) is 9.37 Å². The maximum atomic E-state index is 13.4. The number of piperidine rings is 1. The predicted molar refractivity (Wildman–Crippen MR) is 125 cm³/mol. The summed E-state index contributed by atoms with van der Waals surface area (Å²) in [5.41, 5.74) is 2.31. The highest BCUT2D eigenvalue weighted by Crippen LogP contribution is 2.41. The van der Waals surface area contributed by atoms with Crippen LogP contribution in [0.4, 0.5) is 4.39 Å². The molecule has 0 atom stereocenters. The van der Waals surface area contributed by atoms with E-state index in [0.29, 0.717) is 35.7 Å². The average Bonchev–Trinajstić information content (AvgIpc) is 3.32. The summed E-state index contributed by atoms with van der Waals surface area (Å²) in [5, 5.41) is 11.7. The fourth-order valence-corrected chi connectivity index (χ4v) is 4.36. The van der Waals surface area contributed by atoms with Crippen LogP contribution < -0.4 is 0 Å². The zero-order chi connectivity index (χ0) is 22.7. The van der Waals surface area contributed by atoms with Crippen molar-refractivity contribution in [3.05, 3.63) is 96.3 Å². The van der Waals surface area contributed by atoms with Crippen LogP contribution in [-0.2, 0) is 12.0 Å². The topological polar surface area (TPSA) is 62.4 Å². The lowest BCUT2D eigenvalue weighted by Gasteiger charge is -2.37. The van der Waals surface area contributed by atoms with Crippen molar-refractivity contribution in [1.82, 2.24) is 14.9 Å². The number of aliphatic hydroxyl groups is 1. The van der Waals surface area contributed by atoms with Gasteiger partial charge in [-0.1, -0.05) is 30.3 Å². The van der Waals surface area contributed by atoms with E-state index >= 15 is 0 Å². The summed E-state index contributed by atoms with van der Waals surface area (Å²) in [5.74, 6) is 0.522. The molecule has 1 fully saturated rings. The zero-order valence-electron chi connectivity index (χ0n) is 18.3. The van der Waals surface area contributed by atoms with Gasteiger partial charge in [0.25, 0.3) is 0 Å². The van der Waals surface area contributed by atoms with E-state index in [2.05, 4.69) is 34.1 Å². The molecule has 168 valence electrons. The highest BCUT2D eigenvalue weighted by Gasteiger charge is 2.40. The number of rotatable bonds is 6. The molecule has 1 aliphatic rings. The Balaban J connectivity index is 1.39. The van der Waals surface area contributed by atoms with Crippen LogP contribution in [0.25, 0.3) is 22.7 Å². The Labute approximate surface area is 192 Å². The van der Waals surface area contributed by atoms with Crippen LogP contribution in [0.3, 0.4) is 0 Å². The number of aromatic nitrogens is 2. The van der Waals surface area contributed by atoms with Crippen LogP contribution in [0.5, 0.6) is 0 Å². The van der Waals surface area contributed by atoms with Gasteiger partial charge in [-0.05, 0) is 61.2 Å². The third kappa shape index (κ3) is 4.72. The predicted octanol–water partition coefficient (Wildman–Crippen LogP) is 5.07. The molecule has 33 heavy (non-hydrogen) atoms. The van der Waals surface area contributed by atoms with Crippen molar-refractivity contribution < 1.29 is 13.9 Å². The maximum Gasteiger partial charge on any atom is 0.227 e. The summed E-state index contributed by atoms with van der Waals surface area (Å²) in [6, 6.07) is 20.2. The van der Waals surface area contributed by atoms with Gasteiger partial charge in [-0.2, -0.15) is 0 Å². The van der Waals surface area contributed by atoms with Crippen molar-refractivity contribution in [1.29, 1.82) is 0 Å². The van der Waals surface area contributed by atoms with Crippen molar-refractivity contribution in [2.75, 3.05) is 19.6 Å². The summed E-state index contributed by atoms with van der Waals surface area (Å²) < 4.78 is 19.6. The second kappa shape index (κ2) is 9.25. The molecule has 0 bridgehead atoms. The van der Waals surface area contributed by atoms with Crippen LogP contribution in [0.15, 0.2) is 83.5 Å². The zero-order valence-corrected chi connectivity index (χ0v) is 18.3. The molecule has 4 aromatic rings. The Morgan fingerprint density at radius 2 is 1.61 bits per heavy atom. The first kappa shape index (κ1) is 21.5. The minimum atomic E-state index is -1.12. The minimum absolute atomic E-state index is 0.318. The molecule has 0 radical (unpaired) electrons. The van der Waals surface area contributed by atoms with Crippen molar-refractivity contribution in [3.8, 4) is 22.7 Å². The van der Waals surface area contributed by atoms with E-state index in [1.54, 1.807) is 24.5 Å². The maximum absolute atomic E-state index is 13.4. The molecular weight excluding hydrogens is 417 g/mol. The number of nitrogens with zero attached hydrogens (tertiary/aromatic N) is 3. The molecule has 2 aromatic heterocycles. The van der Waals surface area contributed by atoms with Crippen LogP contribution in [0.2, 0.25) is 0 Å². The number of hydrogen-bond donors (Lipinski definition) is 1. The summed E-state index contributed by atoms with van der Waals surface area (Å²) >= 11 is 0. The Morgan fingerprint density at radius 3 is 2.30 bits per heavy atom. The third-order valence-electron chi connectivity index (χ3n) is 6.34. The molecule has 5 rings (SSSR count). The first-order chi connectivity index (χ1) is 16.1. The van der Waals surface area contributed by atoms with E-state index in [1.807, 2.05) is 18.2 Å². The first-order valence-corrected chi connectivity index (χ1v) is 11.3. The molecule has 1 aliphatic heterocycles. The Kier molecular flexibility index (Phi) is 6.03. The van der Waals surface area contributed by atoms with Gasteiger partial charge < -0.3 is 14.4 Å². The lowest BCUT2D eigenvalue weighted by molar-refractivity contribution is -0.0407. The van der Waals surface area contributed by atoms with Crippen molar-refractivity contribution in [2.24, 2.45) is 0 Å². The second-order valence-corrected chi connectivity index (χ2v) is 8.55. The second-order valence-electron chi connectivity index (χ2n) is 8.55. The van der Waals surface area contributed by atoms with Crippen LogP contribution in [-0.4, -0.2) is 39.6 Å². The van der Waals surface area contributed by atoms with Gasteiger partial charge in [0.05, 0.1) is 0 Å². The largest absolute Gasteiger partial charge is 0.437 e. The highest BCUT2D eigenvalue weighted by molar-refractivity contribution is 5.66. The van der Waals surface area contributed by atoms with Gasteiger partial charge in [0, 0.05) is 43.2 Å². The molecule has 1 saturated heterocycles. The van der Waals surface area contributed by atoms with Gasteiger partial charge in [0.2, 0.25) is 5.89 Å². The molecule has 0 amide bonds. The van der Waals surface area contributed by atoms with Gasteiger partial charge in [-0.15, -0.1) is 0 Å². The van der Waals surface area contributed by atoms with E-state index in [-0.39, 0.29) is 5.82 Å². The number of oxazole rings is 1. The number of pyridine rings is 1. The molecule has 0 aliphatic carbocycles. The van der Waals surface area contributed by atoms with E-state index in [4.69, 9.17) is 9.40 Å². The summed E-state index contributed by atoms with van der Waals surface area (Å²) in [6.45, 7) is 2.49. The Morgan fingerprint density at radius 1 is 0.909 bits per heavy atom. The SMILES string of the molecule is OC1(c2oc(-c3ccc(F)cc3)nc2-c2ccncc2)CCN(CCc2ccccc2)CC1. The molecule has 2 aromatic carbocycles. The number of hydrogen-bond acceptors (Lipinski definition) is 5. The quantitative estimate of drug-likeness (QED) is 0.451. The van der Waals surface area contributed by atoms with E-state index < -0.39 is 5.60 Å². The molecule has 3 heterocycles. The van der Waals surface area contributed by atoms with E-state index in [1.165, 1.54) is 17.7 Å². The van der Waals surface area contributed by atoms with Crippen LogP contribution in [0.1, 0.15) is 24.2 Å². The monoisotopic (exact) mass is 443 g/mol. The fourth-order valence-electron chi connectivity index (χ4n) is 4.36. The molecule has 0 saturated carbocycles. The normalized spacial score (nSPS) is 16.1. The summed E-state index contributed by atoms with van der Waals surface area (Å²) in [4.78, 5) is 11.2. The van der Waals surface area contributed by atoms with Gasteiger partial charge in [0.15, 0.2) is 5.76 Å². The standard InChI is InChI=1S/C27H26FN3O2/c28-23-8-6-22(7-9-23)26-30-24(21-10-15-29-16-11-21)25(33-26)27(32)13-18-31(19-14-27)17-12-20-4-2-1-3-5-20/h1-11,15-16,32H,12-14,17-19H2.